The minimum atomic E-state index is -0.237. The van der Waals surface area contributed by atoms with E-state index in [1.165, 1.54) is 5.56 Å². The molecule has 6 nitrogen and oxygen atoms in total. The predicted octanol–water partition coefficient (Wildman–Crippen LogP) is 2.67. The first kappa shape index (κ1) is 17.1. The number of hydrogen-bond donors (Lipinski definition) is 2. The minimum absolute atomic E-state index is 0.0265. The van der Waals surface area contributed by atoms with Gasteiger partial charge in [0, 0.05) is 24.7 Å². The van der Waals surface area contributed by atoms with Gasteiger partial charge in [0.15, 0.2) is 0 Å². The summed E-state index contributed by atoms with van der Waals surface area (Å²) in [6.45, 7) is 4.70. The molecule has 1 aliphatic heterocycles. The fraction of sp³-hybridized carbons (Fsp3) is 0.368. The molecule has 2 heterocycles. The van der Waals surface area contributed by atoms with Gasteiger partial charge in [0.1, 0.15) is 11.9 Å². The van der Waals surface area contributed by atoms with Crippen LogP contribution in [0.3, 0.4) is 0 Å². The van der Waals surface area contributed by atoms with Crippen LogP contribution in [0, 0.1) is 0 Å². The van der Waals surface area contributed by atoms with Crippen LogP contribution in [0.5, 0.6) is 11.6 Å². The maximum atomic E-state index is 12.0. The highest BCUT2D eigenvalue weighted by atomic mass is 16.5. The lowest BCUT2D eigenvalue weighted by molar-refractivity contribution is 0.213. The van der Waals surface area contributed by atoms with E-state index in [4.69, 9.17) is 9.47 Å². The van der Waals surface area contributed by atoms with Crippen molar-refractivity contribution in [1.82, 2.24) is 15.6 Å². The van der Waals surface area contributed by atoms with Gasteiger partial charge in [-0.1, -0.05) is 24.3 Å². The fourth-order valence-electron chi connectivity index (χ4n) is 2.70. The van der Waals surface area contributed by atoms with Gasteiger partial charge in [-0.2, -0.15) is 0 Å². The Kier molecular flexibility index (Phi) is 5.38. The molecule has 0 spiro atoms. The van der Waals surface area contributed by atoms with E-state index in [-0.39, 0.29) is 18.2 Å². The van der Waals surface area contributed by atoms with Crippen molar-refractivity contribution in [2.75, 3.05) is 6.54 Å². The number of nitrogens with one attached hydrogen (secondary N) is 2. The first-order chi connectivity index (χ1) is 12.1. The van der Waals surface area contributed by atoms with Gasteiger partial charge in [0.05, 0.1) is 12.6 Å². The zero-order chi connectivity index (χ0) is 17.6. The average molecular weight is 341 g/mol. The van der Waals surface area contributed by atoms with Gasteiger partial charge in [0.2, 0.25) is 5.88 Å². The van der Waals surface area contributed by atoms with E-state index in [1.54, 1.807) is 6.20 Å². The number of carbonyl (C=O) groups excluding carboxylic acids is 1. The largest absolute Gasteiger partial charge is 0.488 e. The van der Waals surface area contributed by atoms with E-state index < -0.39 is 0 Å². The smallest absolute Gasteiger partial charge is 0.315 e. The number of urea groups is 1. The molecule has 1 aliphatic rings. The van der Waals surface area contributed by atoms with Crippen molar-refractivity contribution < 1.29 is 14.3 Å². The number of ether oxygens (including phenoxy) is 2. The number of para-hydroxylation sites is 1. The fourth-order valence-corrected chi connectivity index (χ4v) is 2.70. The minimum Gasteiger partial charge on any atom is -0.488 e. The summed E-state index contributed by atoms with van der Waals surface area (Å²) >= 11 is 0. The molecule has 2 amide bonds. The van der Waals surface area contributed by atoms with Gasteiger partial charge < -0.3 is 20.1 Å². The van der Waals surface area contributed by atoms with Crippen molar-refractivity contribution in [3.63, 3.8) is 0 Å². The Bertz CT molecular complexity index is 708. The lowest BCUT2D eigenvalue weighted by atomic mass is 10.1. The standard InChI is InChI=1S/C19H23N3O3/c1-13(2)24-18-15(7-5-9-20-18)11-21-19(23)22-12-16-10-14-6-3-4-8-17(14)25-16/h3-9,13,16H,10-12H2,1-2H3,(H2,21,22,23)/t16-/m0/s1. The van der Waals surface area contributed by atoms with Crippen molar-refractivity contribution in [2.24, 2.45) is 0 Å². The molecule has 0 bridgehead atoms. The predicted molar refractivity (Wildman–Crippen MR) is 94.8 cm³/mol. The summed E-state index contributed by atoms with van der Waals surface area (Å²) in [5, 5.41) is 5.69. The summed E-state index contributed by atoms with van der Waals surface area (Å²) in [6, 6.07) is 11.4. The van der Waals surface area contributed by atoms with Gasteiger partial charge in [-0.25, -0.2) is 9.78 Å². The highest BCUT2D eigenvalue weighted by Gasteiger charge is 2.22. The number of hydrogen-bond acceptors (Lipinski definition) is 4. The van der Waals surface area contributed by atoms with E-state index in [9.17, 15) is 4.79 Å². The Morgan fingerprint density at radius 1 is 1.28 bits per heavy atom. The molecule has 25 heavy (non-hydrogen) atoms. The van der Waals surface area contributed by atoms with Gasteiger partial charge in [-0.3, -0.25) is 0 Å². The number of fused-ring (bicyclic) bond motifs is 1. The van der Waals surface area contributed by atoms with Crippen LogP contribution < -0.4 is 20.1 Å². The maximum Gasteiger partial charge on any atom is 0.315 e. The number of pyridine rings is 1. The van der Waals surface area contributed by atoms with Gasteiger partial charge in [-0.15, -0.1) is 0 Å². The molecular formula is C19H23N3O3. The molecule has 132 valence electrons. The number of nitrogens with zero attached hydrogens (tertiary/aromatic N) is 1. The molecule has 1 aromatic heterocycles. The van der Waals surface area contributed by atoms with Crippen LogP contribution >= 0.6 is 0 Å². The molecule has 1 aromatic carbocycles. The number of amides is 2. The van der Waals surface area contributed by atoms with E-state index >= 15 is 0 Å². The molecule has 0 fully saturated rings. The number of benzene rings is 1. The molecule has 0 radical (unpaired) electrons. The second kappa shape index (κ2) is 7.88. The van der Waals surface area contributed by atoms with Crippen molar-refractivity contribution >= 4 is 6.03 Å². The van der Waals surface area contributed by atoms with Crippen LogP contribution in [0.2, 0.25) is 0 Å². The summed E-state index contributed by atoms with van der Waals surface area (Å²) in [4.78, 5) is 16.3. The molecule has 0 aliphatic carbocycles. The topological polar surface area (TPSA) is 72.5 Å². The first-order valence-corrected chi connectivity index (χ1v) is 8.48. The van der Waals surface area contributed by atoms with Gasteiger partial charge >= 0.3 is 6.03 Å². The van der Waals surface area contributed by atoms with Crippen LogP contribution in [0.1, 0.15) is 25.0 Å². The quantitative estimate of drug-likeness (QED) is 0.847. The Balaban J connectivity index is 1.45. The second-order valence-electron chi connectivity index (χ2n) is 6.25. The van der Waals surface area contributed by atoms with Gasteiger partial charge in [0.25, 0.3) is 0 Å². The third-order valence-corrected chi connectivity index (χ3v) is 3.84. The summed E-state index contributed by atoms with van der Waals surface area (Å²) in [7, 11) is 0. The number of rotatable bonds is 6. The first-order valence-electron chi connectivity index (χ1n) is 8.48. The molecule has 2 aromatic rings. The van der Waals surface area contributed by atoms with Crippen LogP contribution in [0.4, 0.5) is 4.79 Å². The molecule has 6 heteroatoms. The monoisotopic (exact) mass is 341 g/mol. The summed E-state index contributed by atoms with van der Waals surface area (Å²) < 4.78 is 11.5. The normalized spacial score (nSPS) is 15.4. The van der Waals surface area contributed by atoms with E-state index in [2.05, 4.69) is 15.6 Å². The maximum absolute atomic E-state index is 12.0. The lowest BCUT2D eigenvalue weighted by Gasteiger charge is -2.15. The zero-order valence-electron chi connectivity index (χ0n) is 14.5. The van der Waals surface area contributed by atoms with E-state index in [0.717, 1.165) is 17.7 Å². The van der Waals surface area contributed by atoms with Crippen molar-refractivity contribution in [3.05, 3.63) is 53.7 Å². The molecule has 0 unspecified atom stereocenters. The molecule has 2 N–H and O–H groups in total. The Labute approximate surface area is 147 Å². The second-order valence-corrected chi connectivity index (χ2v) is 6.25. The van der Waals surface area contributed by atoms with E-state index in [1.807, 2.05) is 50.2 Å². The van der Waals surface area contributed by atoms with Crippen LogP contribution in [0.15, 0.2) is 42.6 Å². The summed E-state index contributed by atoms with van der Waals surface area (Å²) in [6.07, 6.45) is 2.49. The highest BCUT2D eigenvalue weighted by molar-refractivity contribution is 5.73. The van der Waals surface area contributed by atoms with Crippen LogP contribution in [-0.2, 0) is 13.0 Å². The Morgan fingerprint density at radius 2 is 2.12 bits per heavy atom. The highest BCUT2D eigenvalue weighted by Crippen LogP contribution is 2.27. The Hall–Kier alpha value is -2.76. The van der Waals surface area contributed by atoms with Crippen LogP contribution in [0.25, 0.3) is 0 Å². The summed E-state index contributed by atoms with van der Waals surface area (Å²) in [5.41, 5.74) is 2.02. The SMILES string of the molecule is CC(C)Oc1ncccc1CNC(=O)NC[C@@H]1Cc2ccccc2O1. The van der Waals surface area contributed by atoms with Crippen molar-refractivity contribution in [3.8, 4) is 11.6 Å². The van der Waals surface area contributed by atoms with Crippen molar-refractivity contribution in [2.45, 2.75) is 39.0 Å². The third-order valence-electron chi connectivity index (χ3n) is 3.84. The molecule has 3 rings (SSSR count). The Morgan fingerprint density at radius 3 is 2.92 bits per heavy atom. The van der Waals surface area contributed by atoms with Crippen LogP contribution in [-0.4, -0.2) is 29.8 Å². The number of carbonyl (C=O) groups is 1. The van der Waals surface area contributed by atoms with Crippen molar-refractivity contribution in [1.29, 1.82) is 0 Å². The molecule has 0 saturated carbocycles. The number of aromatic nitrogens is 1. The van der Waals surface area contributed by atoms with E-state index in [0.29, 0.717) is 19.0 Å². The summed E-state index contributed by atoms with van der Waals surface area (Å²) in [5.74, 6) is 1.45. The molecule has 1 atom stereocenters. The third kappa shape index (κ3) is 4.62. The molecular weight excluding hydrogens is 318 g/mol. The lowest BCUT2D eigenvalue weighted by Crippen LogP contribution is -2.40. The molecule has 0 saturated heterocycles. The average Bonchev–Trinajstić information content (AvgIpc) is 3.01. The van der Waals surface area contributed by atoms with Gasteiger partial charge in [-0.05, 0) is 31.5 Å². The zero-order valence-corrected chi connectivity index (χ0v) is 14.5.